The fraction of sp³-hybridized carbons (Fsp3) is 0.750. The van der Waals surface area contributed by atoms with Crippen molar-refractivity contribution in [2.75, 3.05) is 0 Å². The third-order valence-corrected chi connectivity index (χ3v) is 2.54. The van der Waals surface area contributed by atoms with E-state index in [1.165, 1.54) is 12.8 Å². The Morgan fingerprint density at radius 2 is 2.42 bits per heavy atom. The van der Waals surface area contributed by atoms with E-state index in [0.29, 0.717) is 0 Å². The molecule has 0 saturated heterocycles. The monoisotopic (exact) mass is 166 g/mol. The normalized spacial score (nSPS) is 19.5. The second-order valence-electron chi connectivity index (χ2n) is 3.72. The van der Waals surface area contributed by atoms with Gasteiger partial charge in [0.25, 0.3) is 0 Å². The van der Waals surface area contributed by atoms with Crippen molar-refractivity contribution in [1.29, 1.82) is 0 Å². The molecule has 1 aromatic rings. The van der Waals surface area contributed by atoms with E-state index in [9.17, 15) is 0 Å². The van der Waals surface area contributed by atoms with Crippen LogP contribution in [0.25, 0.3) is 0 Å². The number of rotatable bonds is 3. The van der Waals surface area contributed by atoms with E-state index < -0.39 is 0 Å². The summed E-state index contributed by atoms with van der Waals surface area (Å²) in [4.78, 5) is 0. The van der Waals surface area contributed by atoms with Crippen LogP contribution in [0.2, 0.25) is 0 Å². The number of nitrogens with zero attached hydrogens (tertiary/aromatic N) is 3. The molecule has 0 unspecified atom stereocenters. The molecule has 0 spiro atoms. The van der Waals surface area contributed by atoms with Crippen molar-refractivity contribution in [2.24, 2.45) is 12.8 Å². The van der Waals surface area contributed by atoms with E-state index in [0.717, 1.165) is 18.7 Å². The summed E-state index contributed by atoms with van der Waals surface area (Å²) in [5.41, 5.74) is 6.09. The Hall–Kier alpha value is -0.900. The maximum absolute atomic E-state index is 5.96. The minimum atomic E-state index is 0.131. The molecule has 1 fully saturated rings. The van der Waals surface area contributed by atoms with E-state index in [1.54, 1.807) is 6.33 Å². The first-order valence-electron chi connectivity index (χ1n) is 4.31. The molecule has 1 aromatic heterocycles. The topological polar surface area (TPSA) is 56.7 Å². The van der Waals surface area contributed by atoms with Crippen LogP contribution < -0.4 is 5.73 Å². The number of hydrogen-bond donors (Lipinski definition) is 1. The molecule has 0 aromatic carbocycles. The third-order valence-electron chi connectivity index (χ3n) is 2.54. The molecule has 2 rings (SSSR count). The first kappa shape index (κ1) is 7.73. The molecule has 12 heavy (non-hydrogen) atoms. The van der Waals surface area contributed by atoms with Gasteiger partial charge in [0.2, 0.25) is 0 Å². The SMILES string of the molecule is Cn1cnnc1CCC1(N)CC1. The molecule has 1 aliphatic carbocycles. The van der Waals surface area contributed by atoms with Gasteiger partial charge in [-0.15, -0.1) is 10.2 Å². The number of nitrogens with two attached hydrogens (primary N) is 1. The highest BCUT2D eigenvalue weighted by Crippen LogP contribution is 2.36. The van der Waals surface area contributed by atoms with Crippen LogP contribution >= 0.6 is 0 Å². The van der Waals surface area contributed by atoms with Gasteiger partial charge in [0.1, 0.15) is 12.2 Å². The lowest BCUT2D eigenvalue weighted by Gasteiger charge is -2.06. The van der Waals surface area contributed by atoms with Crippen molar-refractivity contribution in [3.8, 4) is 0 Å². The van der Waals surface area contributed by atoms with Crippen LogP contribution in [0.1, 0.15) is 25.1 Å². The third kappa shape index (κ3) is 1.48. The molecule has 2 N–H and O–H groups in total. The molecule has 4 nitrogen and oxygen atoms in total. The Morgan fingerprint density at radius 1 is 1.67 bits per heavy atom. The summed E-state index contributed by atoms with van der Waals surface area (Å²) in [5, 5.41) is 7.82. The van der Waals surface area contributed by atoms with Gasteiger partial charge in [-0.25, -0.2) is 0 Å². The second-order valence-corrected chi connectivity index (χ2v) is 3.72. The Balaban J connectivity index is 1.91. The average molecular weight is 166 g/mol. The summed E-state index contributed by atoms with van der Waals surface area (Å²) in [6.07, 6.45) is 6.06. The zero-order chi connectivity index (χ0) is 8.60. The summed E-state index contributed by atoms with van der Waals surface area (Å²) in [7, 11) is 1.96. The van der Waals surface area contributed by atoms with Crippen molar-refractivity contribution < 1.29 is 0 Å². The molecule has 0 amide bonds. The van der Waals surface area contributed by atoms with Crippen molar-refractivity contribution in [1.82, 2.24) is 14.8 Å². The second kappa shape index (κ2) is 2.55. The first-order valence-corrected chi connectivity index (χ1v) is 4.31. The van der Waals surface area contributed by atoms with Gasteiger partial charge in [0, 0.05) is 19.0 Å². The summed E-state index contributed by atoms with van der Waals surface area (Å²) in [6.45, 7) is 0. The van der Waals surface area contributed by atoms with Crippen molar-refractivity contribution >= 4 is 0 Å². The lowest BCUT2D eigenvalue weighted by atomic mass is 10.1. The quantitative estimate of drug-likeness (QED) is 0.699. The minimum Gasteiger partial charge on any atom is -0.325 e. The highest BCUT2D eigenvalue weighted by Gasteiger charge is 2.37. The summed E-state index contributed by atoms with van der Waals surface area (Å²) >= 11 is 0. The van der Waals surface area contributed by atoms with Gasteiger partial charge < -0.3 is 10.3 Å². The summed E-state index contributed by atoms with van der Waals surface area (Å²) < 4.78 is 1.95. The standard InChI is InChI=1S/C8H14N4/c1-12-6-10-11-7(12)2-3-8(9)4-5-8/h6H,2-5,9H2,1H3. The molecule has 4 heteroatoms. The van der Waals surface area contributed by atoms with Crippen molar-refractivity contribution in [3.63, 3.8) is 0 Å². The molecular formula is C8H14N4. The Morgan fingerprint density at radius 3 is 2.92 bits per heavy atom. The van der Waals surface area contributed by atoms with E-state index in [4.69, 9.17) is 5.73 Å². The van der Waals surface area contributed by atoms with Gasteiger partial charge >= 0.3 is 0 Å². The van der Waals surface area contributed by atoms with E-state index in [2.05, 4.69) is 10.2 Å². The fourth-order valence-electron chi connectivity index (χ4n) is 1.30. The average Bonchev–Trinajstić information content (AvgIpc) is 2.61. The summed E-state index contributed by atoms with van der Waals surface area (Å²) in [5.74, 6) is 1.03. The van der Waals surface area contributed by atoms with Gasteiger partial charge in [-0.2, -0.15) is 0 Å². The predicted molar refractivity (Wildman–Crippen MR) is 45.5 cm³/mol. The molecule has 0 radical (unpaired) electrons. The number of aryl methyl sites for hydroxylation is 2. The molecule has 0 bridgehead atoms. The number of hydrogen-bond acceptors (Lipinski definition) is 3. The molecule has 0 atom stereocenters. The first-order chi connectivity index (χ1) is 5.70. The van der Waals surface area contributed by atoms with Crippen LogP contribution in [0.5, 0.6) is 0 Å². The molecule has 0 aliphatic heterocycles. The molecule has 1 aliphatic rings. The lowest BCUT2D eigenvalue weighted by Crippen LogP contribution is -2.22. The molecular weight excluding hydrogens is 152 g/mol. The molecule has 1 heterocycles. The van der Waals surface area contributed by atoms with Crippen LogP contribution in [-0.4, -0.2) is 20.3 Å². The Bertz CT molecular complexity index is 274. The smallest absolute Gasteiger partial charge is 0.132 e. The lowest BCUT2D eigenvalue weighted by molar-refractivity contribution is 0.585. The van der Waals surface area contributed by atoms with Crippen LogP contribution in [-0.2, 0) is 13.5 Å². The highest BCUT2D eigenvalue weighted by atomic mass is 15.2. The number of aromatic nitrogens is 3. The van der Waals surface area contributed by atoms with E-state index in [1.807, 2.05) is 11.6 Å². The molecule has 66 valence electrons. The zero-order valence-corrected chi connectivity index (χ0v) is 7.32. The largest absolute Gasteiger partial charge is 0.325 e. The van der Waals surface area contributed by atoms with Gasteiger partial charge in [-0.3, -0.25) is 0 Å². The van der Waals surface area contributed by atoms with Gasteiger partial charge in [0.15, 0.2) is 0 Å². The van der Waals surface area contributed by atoms with Crippen LogP contribution in [0, 0.1) is 0 Å². The highest BCUT2D eigenvalue weighted by molar-refractivity contribution is 5.01. The van der Waals surface area contributed by atoms with Crippen LogP contribution in [0.15, 0.2) is 6.33 Å². The van der Waals surface area contributed by atoms with Crippen molar-refractivity contribution in [2.45, 2.75) is 31.2 Å². The zero-order valence-electron chi connectivity index (χ0n) is 7.32. The van der Waals surface area contributed by atoms with Gasteiger partial charge in [-0.1, -0.05) is 0 Å². The fourth-order valence-corrected chi connectivity index (χ4v) is 1.30. The van der Waals surface area contributed by atoms with E-state index in [-0.39, 0.29) is 5.54 Å². The predicted octanol–water partition coefficient (Wildman–Crippen LogP) is 0.239. The van der Waals surface area contributed by atoms with Crippen molar-refractivity contribution in [3.05, 3.63) is 12.2 Å². The van der Waals surface area contributed by atoms with E-state index >= 15 is 0 Å². The maximum Gasteiger partial charge on any atom is 0.132 e. The Kier molecular flexibility index (Phi) is 1.65. The maximum atomic E-state index is 5.96. The van der Waals surface area contributed by atoms with Crippen LogP contribution in [0.4, 0.5) is 0 Å². The van der Waals surface area contributed by atoms with Gasteiger partial charge in [-0.05, 0) is 19.3 Å². The summed E-state index contributed by atoms with van der Waals surface area (Å²) in [6, 6.07) is 0. The molecule has 1 saturated carbocycles. The van der Waals surface area contributed by atoms with Gasteiger partial charge in [0.05, 0.1) is 0 Å². The Labute approximate surface area is 71.8 Å². The van der Waals surface area contributed by atoms with Crippen LogP contribution in [0.3, 0.4) is 0 Å². The minimum absolute atomic E-state index is 0.131.